The lowest BCUT2D eigenvalue weighted by atomic mass is 9.76. The molecule has 3 heteroatoms. The van der Waals surface area contributed by atoms with Crippen molar-refractivity contribution in [3.05, 3.63) is 0 Å². The number of carbonyl (C=O) groups is 1. The van der Waals surface area contributed by atoms with Crippen LogP contribution in [0.25, 0.3) is 0 Å². The van der Waals surface area contributed by atoms with E-state index in [1.807, 2.05) is 0 Å². The number of hydrogen-bond acceptors (Lipinski definition) is 3. The molecule has 0 aromatic heterocycles. The lowest BCUT2D eigenvalue weighted by molar-refractivity contribution is -0.160. The lowest BCUT2D eigenvalue weighted by Crippen LogP contribution is -2.53. The maximum Gasteiger partial charge on any atom is 0.195 e. The summed E-state index contributed by atoms with van der Waals surface area (Å²) in [6, 6.07) is 0. The molecule has 2 atom stereocenters. The zero-order valence-corrected chi connectivity index (χ0v) is 6.92. The van der Waals surface area contributed by atoms with E-state index in [1.54, 1.807) is 0 Å². The molecule has 0 heterocycles. The predicted molar refractivity (Wildman–Crippen MR) is 40.1 cm³/mol. The van der Waals surface area contributed by atoms with Crippen molar-refractivity contribution in [1.29, 1.82) is 0 Å². The Kier molecular flexibility index (Phi) is 1.81. The molecule has 2 N–H and O–H groups in total. The third-order valence-electron chi connectivity index (χ3n) is 2.31. The van der Waals surface area contributed by atoms with Gasteiger partial charge in [0.05, 0.1) is 0 Å². The minimum Gasteiger partial charge on any atom is -0.382 e. The summed E-state index contributed by atoms with van der Waals surface area (Å²) in [6.07, 6.45) is 1.62. The summed E-state index contributed by atoms with van der Waals surface area (Å²) < 4.78 is 0. The van der Waals surface area contributed by atoms with Gasteiger partial charge in [-0.05, 0) is 33.1 Å². The van der Waals surface area contributed by atoms with E-state index in [0.717, 1.165) is 0 Å². The Hall–Kier alpha value is -0.410. The van der Waals surface area contributed by atoms with E-state index in [-0.39, 0.29) is 0 Å². The van der Waals surface area contributed by atoms with Crippen molar-refractivity contribution in [2.24, 2.45) is 0 Å². The van der Waals surface area contributed by atoms with Gasteiger partial charge in [-0.2, -0.15) is 0 Å². The van der Waals surface area contributed by atoms with Gasteiger partial charge in [0, 0.05) is 0 Å². The summed E-state index contributed by atoms with van der Waals surface area (Å²) in [5, 5.41) is 18.9. The van der Waals surface area contributed by atoms with Gasteiger partial charge >= 0.3 is 0 Å². The molecule has 0 spiro atoms. The third-order valence-corrected chi connectivity index (χ3v) is 2.31. The van der Waals surface area contributed by atoms with Gasteiger partial charge < -0.3 is 10.2 Å². The molecule has 1 fully saturated rings. The van der Waals surface area contributed by atoms with Gasteiger partial charge in [0.25, 0.3) is 0 Å². The van der Waals surface area contributed by atoms with Crippen LogP contribution in [0.3, 0.4) is 0 Å². The van der Waals surface area contributed by atoms with Crippen molar-refractivity contribution in [2.45, 2.75) is 44.3 Å². The van der Waals surface area contributed by atoms with Crippen LogP contribution in [0.15, 0.2) is 0 Å². The van der Waals surface area contributed by atoms with Crippen molar-refractivity contribution in [2.75, 3.05) is 0 Å². The molecule has 0 amide bonds. The Morgan fingerprint density at radius 1 is 1.18 bits per heavy atom. The van der Waals surface area contributed by atoms with Crippen LogP contribution in [0.5, 0.6) is 0 Å². The molecule has 1 aliphatic carbocycles. The van der Waals surface area contributed by atoms with Crippen LogP contribution in [0, 0.1) is 0 Å². The maximum absolute atomic E-state index is 11.3. The van der Waals surface area contributed by atoms with Gasteiger partial charge in [0.1, 0.15) is 11.2 Å². The first-order chi connectivity index (χ1) is 4.86. The first-order valence-electron chi connectivity index (χ1n) is 3.86. The molecular formula is C8H14O3. The predicted octanol–water partition coefficient (Wildman–Crippen LogP) is 0.241. The van der Waals surface area contributed by atoms with E-state index >= 15 is 0 Å². The van der Waals surface area contributed by atoms with Crippen LogP contribution in [0.4, 0.5) is 0 Å². The second kappa shape index (κ2) is 2.29. The van der Waals surface area contributed by atoms with Gasteiger partial charge in [0.15, 0.2) is 5.78 Å². The molecule has 0 radical (unpaired) electrons. The number of carbonyl (C=O) groups excluding carboxylic acids is 1. The van der Waals surface area contributed by atoms with Crippen LogP contribution in [-0.4, -0.2) is 27.2 Å². The van der Waals surface area contributed by atoms with E-state index in [2.05, 4.69) is 0 Å². The fourth-order valence-electron chi connectivity index (χ4n) is 1.58. The van der Waals surface area contributed by atoms with Crippen LogP contribution < -0.4 is 0 Å². The Labute approximate surface area is 66.0 Å². The second-order valence-corrected chi connectivity index (χ2v) is 3.73. The van der Waals surface area contributed by atoms with Crippen LogP contribution >= 0.6 is 0 Å². The van der Waals surface area contributed by atoms with Crippen molar-refractivity contribution in [1.82, 2.24) is 0 Å². The number of rotatable bonds is 0. The van der Waals surface area contributed by atoms with E-state index in [4.69, 9.17) is 0 Å². The van der Waals surface area contributed by atoms with Crippen molar-refractivity contribution < 1.29 is 15.0 Å². The van der Waals surface area contributed by atoms with E-state index < -0.39 is 17.0 Å². The number of hydrogen-bond donors (Lipinski definition) is 2. The van der Waals surface area contributed by atoms with Crippen LogP contribution in [0.2, 0.25) is 0 Å². The van der Waals surface area contributed by atoms with Crippen LogP contribution in [0.1, 0.15) is 33.1 Å². The van der Waals surface area contributed by atoms with Gasteiger partial charge in [0.2, 0.25) is 0 Å². The average Bonchev–Trinajstić information content (AvgIpc) is 1.82. The van der Waals surface area contributed by atoms with Crippen LogP contribution in [-0.2, 0) is 4.79 Å². The monoisotopic (exact) mass is 158 g/mol. The molecular weight excluding hydrogens is 144 g/mol. The first kappa shape index (κ1) is 8.68. The van der Waals surface area contributed by atoms with E-state index in [1.165, 1.54) is 13.8 Å². The molecule has 1 rings (SSSR count). The highest BCUT2D eigenvalue weighted by atomic mass is 16.3. The molecule has 2 unspecified atom stereocenters. The molecule has 0 saturated heterocycles. The molecule has 11 heavy (non-hydrogen) atoms. The highest BCUT2D eigenvalue weighted by molar-refractivity contribution is 5.94. The summed E-state index contributed by atoms with van der Waals surface area (Å²) in [7, 11) is 0. The minimum absolute atomic E-state index is 0.448. The highest BCUT2D eigenvalue weighted by Gasteiger charge is 2.45. The molecule has 1 saturated carbocycles. The largest absolute Gasteiger partial charge is 0.382 e. The quantitative estimate of drug-likeness (QED) is 0.531. The summed E-state index contributed by atoms with van der Waals surface area (Å²) in [4.78, 5) is 11.3. The second-order valence-electron chi connectivity index (χ2n) is 3.73. The smallest absolute Gasteiger partial charge is 0.195 e. The molecule has 0 aliphatic heterocycles. The van der Waals surface area contributed by atoms with Crippen molar-refractivity contribution >= 4 is 5.78 Å². The number of aliphatic hydroxyl groups is 2. The van der Waals surface area contributed by atoms with Gasteiger partial charge in [-0.1, -0.05) is 0 Å². The van der Waals surface area contributed by atoms with Gasteiger partial charge in [-0.3, -0.25) is 4.79 Å². The number of ketones is 1. The standard InChI is InChI=1S/C8H14O3/c1-7(10)4-3-5-8(2,11)6(7)9/h10-11H,3-5H2,1-2H3. The molecule has 0 aromatic rings. The Bertz CT molecular complexity index is 164. The summed E-state index contributed by atoms with van der Waals surface area (Å²) in [5.41, 5.74) is -2.64. The highest BCUT2D eigenvalue weighted by Crippen LogP contribution is 2.31. The zero-order chi connectivity index (χ0) is 8.70. The summed E-state index contributed by atoms with van der Waals surface area (Å²) in [6.45, 7) is 2.92. The van der Waals surface area contributed by atoms with E-state index in [9.17, 15) is 15.0 Å². The summed E-state index contributed by atoms with van der Waals surface area (Å²) >= 11 is 0. The topological polar surface area (TPSA) is 57.5 Å². The molecule has 3 nitrogen and oxygen atoms in total. The fourth-order valence-corrected chi connectivity index (χ4v) is 1.58. The summed E-state index contributed by atoms with van der Waals surface area (Å²) in [5.74, 6) is -0.448. The van der Waals surface area contributed by atoms with Gasteiger partial charge in [-0.15, -0.1) is 0 Å². The molecule has 0 aromatic carbocycles. The van der Waals surface area contributed by atoms with Gasteiger partial charge in [-0.25, -0.2) is 0 Å². The Morgan fingerprint density at radius 2 is 1.55 bits per heavy atom. The SMILES string of the molecule is CC1(O)CCCC(C)(O)C1=O. The first-order valence-corrected chi connectivity index (χ1v) is 3.86. The normalized spacial score (nSPS) is 46.0. The number of Topliss-reactive ketones (excluding diaryl/α,β-unsaturated/α-hetero) is 1. The van der Waals surface area contributed by atoms with Crippen molar-refractivity contribution in [3.63, 3.8) is 0 Å². The average molecular weight is 158 g/mol. The zero-order valence-electron chi connectivity index (χ0n) is 6.92. The lowest BCUT2D eigenvalue weighted by Gasteiger charge is -2.36. The van der Waals surface area contributed by atoms with Crippen molar-refractivity contribution in [3.8, 4) is 0 Å². The maximum atomic E-state index is 11.3. The minimum atomic E-state index is -1.32. The third kappa shape index (κ3) is 1.44. The molecule has 0 bridgehead atoms. The molecule has 1 aliphatic rings. The fraction of sp³-hybridized carbons (Fsp3) is 0.875. The molecule has 64 valence electrons. The Balaban J connectivity index is 2.85. The Morgan fingerprint density at radius 3 is 1.82 bits per heavy atom. The van der Waals surface area contributed by atoms with E-state index in [0.29, 0.717) is 19.3 Å².